The van der Waals surface area contributed by atoms with Gasteiger partial charge in [-0.05, 0) is 28.1 Å². The summed E-state index contributed by atoms with van der Waals surface area (Å²) < 4.78 is 1.62. The number of aromatic carboxylic acids is 1. The Bertz CT molecular complexity index is 644. The first-order chi connectivity index (χ1) is 8.02. The van der Waals surface area contributed by atoms with Crippen LogP contribution in [0.15, 0.2) is 33.5 Å². The Morgan fingerprint density at radius 2 is 2.00 bits per heavy atom. The monoisotopic (exact) mass is 298 g/mol. The molecule has 3 N–H and O–H groups in total. The second-order valence-electron chi connectivity index (χ2n) is 3.23. The molecule has 0 saturated carbocycles. The zero-order valence-electron chi connectivity index (χ0n) is 8.35. The number of carboxylic acids is 1. The van der Waals surface area contributed by atoms with Gasteiger partial charge < -0.3 is 10.2 Å². The van der Waals surface area contributed by atoms with Crippen molar-refractivity contribution < 1.29 is 15.0 Å². The van der Waals surface area contributed by atoms with Crippen molar-refractivity contribution in [3.8, 4) is 11.6 Å². The minimum atomic E-state index is -1.48. The van der Waals surface area contributed by atoms with Gasteiger partial charge in [0.05, 0.1) is 5.69 Å². The summed E-state index contributed by atoms with van der Waals surface area (Å²) in [5, 5.41) is 20.7. The van der Waals surface area contributed by atoms with E-state index in [4.69, 9.17) is 5.11 Å². The fraction of sp³-hybridized carbons (Fsp3) is 0. The Morgan fingerprint density at radius 3 is 2.53 bits per heavy atom. The fourth-order valence-electron chi connectivity index (χ4n) is 1.42. The number of para-hydroxylation sites is 1. The molecular weight excluding hydrogens is 292 g/mol. The van der Waals surface area contributed by atoms with Crippen molar-refractivity contribution in [2.24, 2.45) is 0 Å². The molecule has 88 valence electrons. The van der Waals surface area contributed by atoms with Crippen molar-refractivity contribution >= 4 is 21.9 Å². The maximum atomic E-state index is 11.4. The van der Waals surface area contributed by atoms with Crippen LogP contribution in [0.2, 0.25) is 0 Å². The van der Waals surface area contributed by atoms with Gasteiger partial charge in [0.1, 0.15) is 0 Å². The van der Waals surface area contributed by atoms with Crippen LogP contribution in [0.4, 0.5) is 0 Å². The Hall–Kier alpha value is -2.02. The van der Waals surface area contributed by atoms with Crippen LogP contribution in [0.3, 0.4) is 0 Å². The van der Waals surface area contributed by atoms with E-state index in [1.165, 1.54) is 0 Å². The average molecular weight is 299 g/mol. The van der Waals surface area contributed by atoms with E-state index in [0.717, 1.165) is 4.68 Å². The smallest absolute Gasteiger partial charge is 0.347 e. The number of carbonyl (C=O) groups is 1. The summed E-state index contributed by atoms with van der Waals surface area (Å²) in [6.07, 6.45) is 0. The van der Waals surface area contributed by atoms with Gasteiger partial charge in [-0.15, -0.1) is 0 Å². The van der Waals surface area contributed by atoms with Crippen LogP contribution in [-0.2, 0) is 0 Å². The number of halogens is 1. The summed E-state index contributed by atoms with van der Waals surface area (Å²) >= 11 is 3.24. The predicted molar refractivity (Wildman–Crippen MR) is 62.7 cm³/mol. The summed E-state index contributed by atoms with van der Waals surface area (Å²) in [6.45, 7) is 0. The number of hydrogen-bond donors (Lipinski definition) is 3. The number of benzene rings is 1. The molecule has 0 fully saturated rings. The number of carboxylic acid groups (broad SMARTS) is 1. The molecule has 17 heavy (non-hydrogen) atoms. The summed E-state index contributed by atoms with van der Waals surface area (Å²) in [5.74, 6) is -2.11. The van der Waals surface area contributed by atoms with Crippen LogP contribution >= 0.6 is 15.9 Å². The molecule has 0 aliphatic rings. The van der Waals surface area contributed by atoms with E-state index in [9.17, 15) is 14.7 Å². The topological polar surface area (TPSA) is 95.3 Å². The minimum absolute atomic E-state index is 0.439. The lowest BCUT2D eigenvalue weighted by Gasteiger charge is -2.05. The van der Waals surface area contributed by atoms with E-state index >= 15 is 0 Å². The molecule has 0 unspecified atom stereocenters. The highest BCUT2D eigenvalue weighted by molar-refractivity contribution is 9.10. The zero-order chi connectivity index (χ0) is 12.6. The Kier molecular flexibility index (Phi) is 2.76. The van der Waals surface area contributed by atoms with Crippen LogP contribution in [0.5, 0.6) is 5.88 Å². The third kappa shape index (κ3) is 1.84. The van der Waals surface area contributed by atoms with E-state index in [1.54, 1.807) is 24.3 Å². The first-order valence-corrected chi connectivity index (χ1v) is 5.34. The number of aromatic nitrogens is 2. The lowest BCUT2D eigenvalue weighted by molar-refractivity contribution is 0.0692. The maximum absolute atomic E-state index is 11.4. The van der Waals surface area contributed by atoms with Gasteiger partial charge in [-0.3, -0.25) is 9.89 Å². The van der Waals surface area contributed by atoms with Gasteiger partial charge in [0.25, 0.3) is 5.56 Å². The van der Waals surface area contributed by atoms with E-state index in [0.29, 0.717) is 10.2 Å². The second-order valence-corrected chi connectivity index (χ2v) is 4.09. The molecule has 0 saturated heterocycles. The average Bonchev–Trinajstić information content (AvgIpc) is 2.55. The van der Waals surface area contributed by atoms with Crippen LogP contribution in [0.25, 0.3) is 5.69 Å². The summed E-state index contributed by atoms with van der Waals surface area (Å²) in [7, 11) is 0. The molecule has 6 nitrogen and oxygen atoms in total. The predicted octanol–water partition coefficient (Wildman–Crippen LogP) is 1.33. The third-order valence-corrected chi connectivity index (χ3v) is 2.85. The zero-order valence-corrected chi connectivity index (χ0v) is 9.93. The Balaban J connectivity index is 2.71. The van der Waals surface area contributed by atoms with Crippen molar-refractivity contribution in [3.63, 3.8) is 0 Å². The molecule has 0 spiro atoms. The lowest BCUT2D eigenvalue weighted by atomic mass is 10.3. The number of aromatic hydroxyl groups is 1. The van der Waals surface area contributed by atoms with Crippen molar-refractivity contribution in [2.75, 3.05) is 0 Å². The van der Waals surface area contributed by atoms with Crippen molar-refractivity contribution in [1.82, 2.24) is 9.78 Å². The highest BCUT2D eigenvalue weighted by Gasteiger charge is 2.21. The first-order valence-electron chi connectivity index (χ1n) is 4.54. The minimum Gasteiger partial charge on any atom is -0.493 e. The van der Waals surface area contributed by atoms with E-state index in [1.807, 2.05) is 0 Å². The molecule has 1 aromatic heterocycles. The molecule has 0 amide bonds. The number of nitrogens with zero attached hydrogens (tertiary/aromatic N) is 1. The number of hydrogen-bond acceptors (Lipinski definition) is 3. The van der Waals surface area contributed by atoms with Gasteiger partial charge in [0, 0.05) is 4.47 Å². The molecule has 7 heteroatoms. The number of H-pyrrole nitrogens is 1. The molecular formula is C10H7BrN2O4. The molecule has 0 aliphatic carbocycles. The molecule has 0 bridgehead atoms. The molecule has 2 aromatic rings. The van der Waals surface area contributed by atoms with Crippen LogP contribution < -0.4 is 5.56 Å². The van der Waals surface area contributed by atoms with Crippen LogP contribution in [0, 0.1) is 0 Å². The summed E-state index contributed by atoms with van der Waals surface area (Å²) in [5.41, 5.74) is -1.10. The quantitative estimate of drug-likeness (QED) is 0.779. The third-order valence-electron chi connectivity index (χ3n) is 2.18. The van der Waals surface area contributed by atoms with E-state index in [2.05, 4.69) is 21.0 Å². The Labute approximate surface area is 103 Å². The second kappa shape index (κ2) is 4.10. The molecule has 1 heterocycles. The molecule has 0 atom stereocenters. The fourth-order valence-corrected chi connectivity index (χ4v) is 1.89. The number of rotatable bonds is 2. The molecule has 2 rings (SSSR count). The summed E-state index contributed by atoms with van der Waals surface area (Å²) in [4.78, 5) is 22.1. The van der Waals surface area contributed by atoms with Crippen molar-refractivity contribution in [2.45, 2.75) is 0 Å². The van der Waals surface area contributed by atoms with Crippen LogP contribution in [-0.4, -0.2) is 26.0 Å². The number of aromatic amines is 1. The van der Waals surface area contributed by atoms with Crippen molar-refractivity contribution in [3.05, 3.63) is 44.7 Å². The SMILES string of the molecule is O=C(O)c1c(O)n(-c2ccccc2Br)[nH]c1=O. The van der Waals surface area contributed by atoms with Gasteiger partial charge in [0.15, 0.2) is 5.56 Å². The molecule has 1 aromatic carbocycles. The highest BCUT2D eigenvalue weighted by Crippen LogP contribution is 2.24. The standard InChI is InChI=1S/C10H7BrN2O4/c11-5-3-1-2-4-6(5)13-9(15)7(10(16)17)8(14)12-13/h1-4,15H,(H,12,14)(H,16,17). The lowest BCUT2D eigenvalue weighted by Crippen LogP contribution is -2.11. The molecule has 0 aliphatic heterocycles. The first kappa shape index (κ1) is 11.5. The van der Waals surface area contributed by atoms with Gasteiger partial charge in [-0.25, -0.2) is 9.48 Å². The largest absolute Gasteiger partial charge is 0.493 e. The van der Waals surface area contributed by atoms with E-state index < -0.39 is 23.0 Å². The van der Waals surface area contributed by atoms with Crippen molar-refractivity contribution in [1.29, 1.82) is 0 Å². The maximum Gasteiger partial charge on any atom is 0.347 e. The highest BCUT2D eigenvalue weighted by atomic mass is 79.9. The van der Waals surface area contributed by atoms with Crippen LogP contribution in [0.1, 0.15) is 10.4 Å². The Morgan fingerprint density at radius 1 is 1.35 bits per heavy atom. The molecule has 0 radical (unpaired) electrons. The van der Waals surface area contributed by atoms with Gasteiger partial charge >= 0.3 is 5.97 Å². The van der Waals surface area contributed by atoms with Gasteiger partial charge in [-0.1, -0.05) is 12.1 Å². The normalized spacial score (nSPS) is 10.4. The van der Waals surface area contributed by atoms with Gasteiger partial charge in [0.2, 0.25) is 5.88 Å². The number of nitrogens with one attached hydrogen (secondary N) is 1. The van der Waals surface area contributed by atoms with E-state index in [-0.39, 0.29) is 0 Å². The van der Waals surface area contributed by atoms with Gasteiger partial charge in [-0.2, -0.15) is 0 Å². The summed E-state index contributed by atoms with van der Waals surface area (Å²) in [6, 6.07) is 6.77.